The first kappa shape index (κ1) is 19.7. The van der Waals surface area contributed by atoms with Crippen molar-refractivity contribution in [2.45, 2.75) is 6.18 Å². The van der Waals surface area contributed by atoms with Crippen LogP contribution in [0.15, 0.2) is 38.6 Å². The van der Waals surface area contributed by atoms with Gasteiger partial charge in [0.1, 0.15) is 11.0 Å². The lowest BCUT2D eigenvalue weighted by Crippen LogP contribution is -2.39. The maximum atomic E-state index is 12.9. The van der Waals surface area contributed by atoms with E-state index >= 15 is 0 Å². The zero-order valence-corrected chi connectivity index (χ0v) is 15.6. The topological polar surface area (TPSA) is 78.0 Å². The largest absolute Gasteiger partial charge is 0.417 e. The summed E-state index contributed by atoms with van der Waals surface area (Å²) in [5.74, 6) is 0. The number of aromatic nitrogens is 3. The SMILES string of the molecule is Cn1c(=O)c2c(Nc3ccc(C(F)(F)F)c(Cl)c3)cc(=O)n(C)c2n(C)c1=O. The quantitative estimate of drug-likeness (QED) is 0.698. The highest BCUT2D eigenvalue weighted by Crippen LogP contribution is 2.36. The van der Waals surface area contributed by atoms with E-state index in [9.17, 15) is 27.6 Å². The van der Waals surface area contributed by atoms with Gasteiger partial charge in [0.25, 0.3) is 11.1 Å². The normalized spacial score (nSPS) is 11.8. The molecule has 1 aromatic carbocycles. The van der Waals surface area contributed by atoms with Gasteiger partial charge in [0.15, 0.2) is 0 Å². The molecule has 0 radical (unpaired) electrons. The van der Waals surface area contributed by atoms with Crippen LogP contribution in [0.3, 0.4) is 0 Å². The Morgan fingerprint density at radius 1 is 0.964 bits per heavy atom. The number of alkyl halides is 3. The van der Waals surface area contributed by atoms with E-state index < -0.39 is 33.6 Å². The molecular weight excluding hydrogens is 401 g/mol. The standard InChI is InChI=1S/C17H14ClF3N4O3/c1-23-12(26)7-11(13-14(23)24(2)16(28)25(3)15(13)27)22-8-4-5-9(10(18)6-8)17(19,20)21/h4-7,22H,1-3H3. The third-order valence-corrected chi connectivity index (χ3v) is 4.69. The van der Waals surface area contributed by atoms with Gasteiger partial charge in [-0.3, -0.25) is 23.3 Å². The van der Waals surface area contributed by atoms with Gasteiger partial charge in [0.05, 0.1) is 16.3 Å². The molecule has 0 saturated carbocycles. The molecule has 0 unspecified atom stereocenters. The molecule has 148 valence electrons. The zero-order valence-electron chi connectivity index (χ0n) is 14.9. The highest BCUT2D eigenvalue weighted by atomic mass is 35.5. The summed E-state index contributed by atoms with van der Waals surface area (Å²) in [6, 6.07) is 4.09. The first-order valence-corrected chi connectivity index (χ1v) is 8.24. The second-order valence-corrected chi connectivity index (χ2v) is 6.58. The van der Waals surface area contributed by atoms with Crippen LogP contribution in [0.2, 0.25) is 5.02 Å². The third-order valence-electron chi connectivity index (χ3n) is 4.37. The Morgan fingerprint density at radius 3 is 2.18 bits per heavy atom. The van der Waals surface area contributed by atoms with Gasteiger partial charge < -0.3 is 5.32 Å². The Morgan fingerprint density at radius 2 is 1.61 bits per heavy atom. The van der Waals surface area contributed by atoms with Gasteiger partial charge in [-0.15, -0.1) is 0 Å². The van der Waals surface area contributed by atoms with Crippen molar-refractivity contribution in [1.82, 2.24) is 13.7 Å². The molecule has 28 heavy (non-hydrogen) atoms. The van der Waals surface area contributed by atoms with Crippen molar-refractivity contribution in [1.29, 1.82) is 0 Å². The lowest BCUT2D eigenvalue weighted by atomic mass is 10.2. The molecule has 0 aliphatic carbocycles. The fourth-order valence-electron chi connectivity index (χ4n) is 2.94. The van der Waals surface area contributed by atoms with E-state index in [1.54, 1.807) is 0 Å². The molecule has 11 heteroatoms. The number of halogens is 4. The van der Waals surface area contributed by atoms with Crippen LogP contribution in [0.25, 0.3) is 11.0 Å². The van der Waals surface area contributed by atoms with Gasteiger partial charge in [-0.25, -0.2) is 4.79 Å². The summed E-state index contributed by atoms with van der Waals surface area (Å²) in [6.07, 6.45) is -4.61. The lowest BCUT2D eigenvalue weighted by molar-refractivity contribution is -0.137. The number of fused-ring (bicyclic) bond motifs is 1. The van der Waals surface area contributed by atoms with Gasteiger partial charge in [0, 0.05) is 32.9 Å². The minimum Gasteiger partial charge on any atom is -0.355 e. The average molecular weight is 415 g/mol. The number of pyridine rings is 1. The van der Waals surface area contributed by atoms with Crippen molar-refractivity contribution in [3.05, 3.63) is 66.0 Å². The van der Waals surface area contributed by atoms with E-state index in [2.05, 4.69) is 5.32 Å². The van der Waals surface area contributed by atoms with Gasteiger partial charge in [-0.1, -0.05) is 11.6 Å². The van der Waals surface area contributed by atoms with E-state index in [4.69, 9.17) is 11.6 Å². The third kappa shape index (κ3) is 3.09. The summed E-state index contributed by atoms with van der Waals surface area (Å²) in [5.41, 5.74) is -2.55. The molecule has 0 bridgehead atoms. The molecule has 0 aliphatic rings. The average Bonchev–Trinajstić information content (AvgIpc) is 2.59. The van der Waals surface area contributed by atoms with Crippen LogP contribution in [0, 0.1) is 0 Å². The van der Waals surface area contributed by atoms with Crippen molar-refractivity contribution >= 4 is 34.0 Å². The van der Waals surface area contributed by atoms with Crippen LogP contribution >= 0.6 is 11.6 Å². The fraction of sp³-hybridized carbons (Fsp3) is 0.235. The minimum absolute atomic E-state index is 0.0303. The van der Waals surface area contributed by atoms with Gasteiger partial charge >= 0.3 is 11.9 Å². The highest BCUT2D eigenvalue weighted by molar-refractivity contribution is 6.31. The zero-order chi connectivity index (χ0) is 21.0. The van der Waals surface area contributed by atoms with E-state index in [1.807, 2.05) is 0 Å². The molecule has 3 aromatic rings. The monoisotopic (exact) mass is 414 g/mol. The van der Waals surface area contributed by atoms with Crippen molar-refractivity contribution in [3.8, 4) is 0 Å². The number of hydrogen-bond donors (Lipinski definition) is 1. The number of rotatable bonds is 2. The predicted molar refractivity (Wildman–Crippen MR) is 99.4 cm³/mol. The minimum atomic E-state index is -4.61. The molecular formula is C17H14ClF3N4O3. The molecule has 0 fully saturated rings. The number of hydrogen-bond acceptors (Lipinski definition) is 4. The number of benzene rings is 1. The molecule has 0 atom stereocenters. The van der Waals surface area contributed by atoms with Gasteiger partial charge in [-0.2, -0.15) is 13.2 Å². The maximum Gasteiger partial charge on any atom is 0.417 e. The van der Waals surface area contributed by atoms with Crippen molar-refractivity contribution in [2.75, 3.05) is 5.32 Å². The van der Waals surface area contributed by atoms with E-state index in [0.717, 1.165) is 38.0 Å². The van der Waals surface area contributed by atoms with E-state index in [-0.39, 0.29) is 22.4 Å². The van der Waals surface area contributed by atoms with E-state index in [1.165, 1.54) is 21.1 Å². The Bertz CT molecular complexity index is 1290. The molecule has 0 saturated heterocycles. The Labute approximate surface area is 160 Å². The molecule has 7 nitrogen and oxygen atoms in total. The van der Waals surface area contributed by atoms with Crippen molar-refractivity contribution in [3.63, 3.8) is 0 Å². The number of nitrogens with one attached hydrogen (secondary N) is 1. The van der Waals surface area contributed by atoms with Crippen LogP contribution < -0.4 is 22.1 Å². The fourth-order valence-corrected chi connectivity index (χ4v) is 3.22. The van der Waals surface area contributed by atoms with Crippen LogP contribution in [-0.2, 0) is 27.3 Å². The summed E-state index contributed by atoms with van der Waals surface area (Å²) < 4.78 is 41.8. The molecule has 0 amide bonds. The number of aryl methyl sites for hydroxylation is 2. The van der Waals surface area contributed by atoms with Crippen molar-refractivity contribution < 1.29 is 13.2 Å². The smallest absolute Gasteiger partial charge is 0.355 e. The first-order valence-electron chi connectivity index (χ1n) is 7.87. The second-order valence-electron chi connectivity index (χ2n) is 6.18. The summed E-state index contributed by atoms with van der Waals surface area (Å²) in [7, 11) is 4.10. The maximum absolute atomic E-state index is 12.9. The first-order chi connectivity index (χ1) is 12.9. The van der Waals surface area contributed by atoms with Crippen LogP contribution in [-0.4, -0.2) is 13.7 Å². The molecule has 3 rings (SSSR count). The van der Waals surface area contributed by atoms with Crippen LogP contribution in [0.4, 0.5) is 24.5 Å². The van der Waals surface area contributed by atoms with Crippen LogP contribution in [0.5, 0.6) is 0 Å². The van der Waals surface area contributed by atoms with Crippen LogP contribution in [0.1, 0.15) is 5.56 Å². The second kappa shape index (κ2) is 6.55. The van der Waals surface area contributed by atoms with Crippen molar-refractivity contribution in [2.24, 2.45) is 21.1 Å². The summed E-state index contributed by atoms with van der Waals surface area (Å²) in [4.78, 5) is 37.1. The highest BCUT2D eigenvalue weighted by Gasteiger charge is 2.33. The summed E-state index contributed by atoms with van der Waals surface area (Å²) in [5, 5.41) is 2.25. The molecule has 2 aromatic heterocycles. The molecule has 0 spiro atoms. The number of anilines is 2. The predicted octanol–water partition coefficient (Wildman–Crippen LogP) is 2.35. The molecule has 0 aliphatic heterocycles. The van der Waals surface area contributed by atoms with Gasteiger partial charge in [-0.05, 0) is 18.2 Å². The summed E-state index contributed by atoms with van der Waals surface area (Å²) in [6.45, 7) is 0. The Balaban J connectivity index is 2.27. The molecule has 2 heterocycles. The van der Waals surface area contributed by atoms with E-state index in [0.29, 0.717) is 0 Å². The molecule has 1 N–H and O–H groups in total. The lowest BCUT2D eigenvalue weighted by Gasteiger charge is -2.16. The number of nitrogens with zero attached hydrogens (tertiary/aromatic N) is 3. The van der Waals surface area contributed by atoms with Gasteiger partial charge in [0.2, 0.25) is 0 Å². The Kier molecular flexibility index (Phi) is 4.62. The Hall–Kier alpha value is -3.01. The summed E-state index contributed by atoms with van der Waals surface area (Å²) >= 11 is 5.72.